The van der Waals surface area contributed by atoms with Gasteiger partial charge in [-0.1, -0.05) is 0 Å². The average Bonchev–Trinajstić information content (AvgIpc) is 2.46. The number of hydrogen-bond donors (Lipinski definition) is 0. The number of hydrogen-bond acceptors (Lipinski definition) is 4. The van der Waals surface area contributed by atoms with E-state index in [4.69, 9.17) is 5.26 Å². The van der Waals surface area contributed by atoms with Gasteiger partial charge < -0.3 is 0 Å². The minimum Gasteiger partial charge on any atom is -0.258 e. The van der Waals surface area contributed by atoms with Crippen LogP contribution in [0.4, 0.5) is 5.69 Å². The summed E-state index contributed by atoms with van der Waals surface area (Å²) in [5.41, 5.74) is 0.449. The fraction of sp³-hybridized carbons (Fsp3) is 0. The molecule has 0 saturated heterocycles. The van der Waals surface area contributed by atoms with E-state index in [9.17, 15) is 14.3 Å². The van der Waals surface area contributed by atoms with Crippen molar-refractivity contribution in [3.63, 3.8) is 0 Å². The van der Waals surface area contributed by atoms with Crippen molar-refractivity contribution in [2.24, 2.45) is 0 Å². The third kappa shape index (κ3) is 2.84. The molecule has 5 nitrogen and oxygen atoms in total. The zero-order valence-electron chi connectivity index (χ0n) is 9.65. The van der Waals surface area contributed by atoms with Gasteiger partial charge in [-0.3, -0.25) is 10.1 Å². The molecule has 0 bridgehead atoms. The lowest BCUT2D eigenvalue weighted by Crippen LogP contribution is -1.94. The molecule has 0 amide bonds. The van der Waals surface area contributed by atoms with Gasteiger partial charge in [0.05, 0.1) is 27.4 Å². The van der Waals surface area contributed by atoms with Crippen molar-refractivity contribution >= 4 is 16.5 Å². The molecule has 0 heterocycles. The standard InChI is InChI=1S/C13H8N2O3S/c14-9-10-1-5-12(6-2-10)19(18)13-7-3-11(4-8-13)15(16)17/h1-8H/t19-/m0/s1. The predicted octanol–water partition coefficient (Wildman–Crippen LogP) is 2.63. The van der Waals surface area contributed by atoms with Crippen LogP contribution in [-0.4, -0.2) is 9.13 Å². The Morgan fingerprint density at radius 3 is 1.89 bits per heavy atom. The van der Waals surface area contributed by atoms with Crippen molar-refractivity contribution in [1.29, 1.82) is 5.26 Å². The van der Waals surface area contributed by atoms with Crippen molar-refractivity contribution in [3.05, 3.63) is 64.2 Å². The van der Waals surface area contributed by atoms with E-state index in [0.717, 1.165) is 0 Å². The molecular weight excluding hydrogens is 264 g/mol. The lowest BCUT2D eigenvalue weighted by molar-refractivity contribution is -0.384. The Balaban J connectivity index is 2.28. The van der Waals surface area contributed by atoms with Crippen LogP contribution in [0.5, 0.6) is 0 Å². The summed E-state index contributed by atoms with van der Waals surface area (Å²) < 4.78 is 12.2. The number of nitriles is 1. The number of nitrogens with zero attached hydrogens (tertiary/aromatic N) is 2. The zero-order chi connectivity index (χ0) is 13.8. The highest BCUT2D eigenvalue weighted by Gasteiger charge is 2.10. The molecule has 0 N–H and O–H groups in total. The van der Waals surface area contributed by atoms with E-state index < -0.39 is 15.7 Å². The summed E-state index contributed by atoms with van der Waals surface area (Å²) in [6.45, 7) is 0. The third-order valence-corrected chi connectivity index (χ3v) is 3.86. The van der Waals surface area contributed by atoms with Gasteiger partial charge in [0.25, 0.3) is 5.69 Å². The number of rotatable bonds is 3. The van der Waals surface area contributed by atoms with E-state index in [-0.39, 0.29) is 5.69 Å². The second-order valence-corrected chi connectivity index (χ2v) is 5.14. The van der Waals surface area contributed by atoms with Crippen LogP contribution in [-0.2, 0) is 10.8 Å². The Morgan fingerprint density at radius 2 is 1.47 bits per heavy atom. The summed E-state index contributed by atoms with van der Waals surface area (Å²) in [6.07, 6.45) is 0. The van der Waals surface area contributed by atoms with Crippen LogP contribution in [0.3, 0.4) is 0 Å². The highest BCUT2D eigenvalue weighted by molar-refractivity contribution is 7.85. The average molecular weight is 272 g/mol. The molecule has 19 heavy (non-hydrogen) atoms. The van der Waals surface area contributed by atoms with E-state index >= 15 is 0 Å². The van der Waals surface area contributed by atoms with Crippen LogP contribution in [0.25, 0.3) is 0 Å². The molecule has 94 valence electrons. The van der Waals surface area contributed by atoms with E-state index in [2.05, 4.69) is 0 Å². The quantitative estimate of drug-likeness (QED) is 0.635. The van der Waals surface area contributed by atoms with Gasteiger partial charge in [-0.15, -0.1) is 0 Å². The molecule has 0 aliphatic carbocycles. The van der Waals surface area contributed by atoms with Crippen molar-refractivity contribution < 1.29 is 9.13 Å². The minimum absolute atomic E-state index is 0.0411. The predicted molar refractivity (Wildman–Crippen MR) is 68.9 cm³/mol. The maximum atomic E-state index is 12.2. The van der Waals surface area contributed by atoms with Gasteiger partial charge in [-0.25, -0.2) is 4.21 Å². The van der Waals surface area contributed by atoms with Crippen molar-refractivity contribution in [1.82, 2.24) is 0 Å². The summed E-state index contributed by atoms with van der Waals surface area (Å²) in [4.78, 5) is 11.0. The SMILES string of the molecule is N#Cc1ccc([S@](=O)c2ccc([N+](=O)[O-])cc2)cc1. The summed E-state index contributed by atoms with van der Waals surface area (Å²) in [5.74, 6) is 0. The van der Waals surface area contributed by atoms with Gasteiger partial charge in [0, 0.05) is 21.9 Å². The molecule has 0 fully saturated rings. The smallest absolute Gasteiger partial charge is 0.258 e. The molecule has 0 spiro atoms. The Bertz CT molecular complexity index is 673. The third-order valence-electron chi connectivity index (χ3n) is 2.46. The van der Waals surface area contributed by atoms with Crippen molar-refractivity contribution in [2.45, 2.75) is 9.79 Å². The molecule has 0 saturated carbocycles. The molecular formula is C13H8N2O3S. The normalized spacial score (nSPS) is 11.5. The Labute approximate surface area is 111 Å². The topological polar surface area (TPSA) is 84.0 Å². The Hall–Kier alpha value is -2.52. The summed E-state index contributed by atoms with van der Waals surface area (Å²) in [6, 6.07) is 13.9. The molecule has 0 unspecified atom stereocenters. The van der Waals surface area contributed by atoms with Gasteiger partial charge in [0.2, 0.25) is 0 Å². The molecule has 0 radical (unpaired) electrons. The summed E-state index contributed by atoms with van der Waals surface area (Å²) >= 11 is 0. The summed E-state index contributed by atoms with van der Waals surface area (Å²) in [5, 5.41) is 19.2. The molecule has 2 aromatic carbocycles. The van der Waals surface area contributed by atoms with Gasteiger partial charge in [-0.05, 0) is 36.4 Å². The molecule has 1 atom stereocenters. The molecule has 2 rings (SSSR count). The monoisotopic (exact) mass is 272 g/mol. The minimum atomic E-state index is -1.41. The van der Waals surface area contributed by atoms with Crippen LogP contribution in [0.1, 0.15) is 5.56 Å². The van der Waals surface area contributed by atoms with E-state index in [0.29, 0.717) is 15.4 Å². The highest BCUT2D eigenvalue weighted by Crippen LogP contribution is 2.19. The van der Waals surface area contributed by atoms with Crippen LogP contribution >= 0.6 is 0 Å². The molecule has 0 aliphatic heterocycles. The first kappa shape index (κ1) is 12.9. The number of nitro groups is 1. The first-order valence-corrected chi connectivity index (χ1v) is 6.43. The van der Waals surface area contributed by atoms with Crippen LogP contribution in [0.2, 0.25) is 0 Å². The van der Waals surface area contributed by atoms with Gasteiger partial charge >= 0.3 is 0 Å². The van der Waals surface area contributed by atoms with Crippen LogP contribution in [0, 0.1) is 21.4 Å². The number of non-ortho nitro benzene ring substituents is 1. The highest BCUT2D eigenvalue weighted by atomic mass is 32.2. The van der Waals surface area contributed by atoms with Gasteiger partial charge in [0.15, 0.2) is 0 Å². The van der Waals surface area contributed by atoms with Crippen molar-refractivity contribution in [3.8, 4) is 6.07 Å². The van der Waals surface area contributed by atoms with E-state index in [1.54, 1.807) is 24.3 Å². The Kier molecular flexibility index (Phi) is 3.68. The fourth-order valence-electron chi connectivity index (χ4n) is 1.48. The fourth-order valence-corrected chi connectivity index (χ4v) is 2.52. The second-order valence-electron chi connectivity index (χ2n) is 3.66. The number of benzene rings is 2. The molecule has 0 aliphatic rings. The van der Waals surface area contributed by atoms with Gasteiger partial charge in [0.1, 0.15) is 0 Å². The zero-order valence-corrected chi connectivity index (χ0v) is 10.5. The largest absolute Gasteiger partial charge is 0.269 e. The number of nitro benzene ring substituents is 1. The second kappa shape index (κ2) is 5.42. The van der Waals surface area contributed by atoms with Crippen molar-refractivity contribution in [2.75, 3.05) is 0 Å². The van der Waals surface area contributed by atoms with Gasteiger partial charge in [-0.2, -0.15) is 5.26 Å². The van der Waals surface area contributed by atoms with Crippen LogP contribution < -0.4 is 0 Å². The summed E-state index contributed by atoms with van der Waals surface area (Å²) in [7, 11) is -1.41. The van der Waals surface area contributed by atoms with E-state index in [1.165, 1.54) is 24.3 Å². The molecule has 6 heteroatoms. The Morgan fingerprint density at radius 1 is 1.00 bits per heavy atom. The first-order chi connectivity index (χ1) is 9.11. The maximum absolute atomic E-state index is 12.2. The van der Waals surface area contributed by atoms with Crippen LogP contribution in [0.15, 0.2) is 58.3 Å². The van der Waals surface area contributed by atoms with E-state index in [1.807, 2.05) is 6.07 Å². The molecule has 2 aromatic rings. The molecule has 0 aromatic heterocycles. The lowest BCUT2D eigenvalue weighted by Gasteiger charge is -2.02. The maximum Gasteiger partial charge on any atom is 0.269 e. The lowest BCUT2D eigenvalue weighted by atomic mass is 10.2. The first-order valence-electron chi connectivity index (χ1n) is 5.28.